The van der Waals surface area contributed by atoms with Crippen LogP contribution in [0.25, 0.3) is 0 Å². The molecule has 2 bridgehead atoms. The molecule has 9 atom stereocenters. The highest BCUT2D eigenvalue weighted by Crippen LogP contribution is 2.60. The summed E-state index contributed by atoms with van der Waals surface area (Å²) < 4.78 is 18.4. The van der Waals surface area contributed by atoms with Crippen molar-refractivity contribution in [2.45, 2.75) is 116 Å². The van der Waals surface area contributed by atoms with Crippen LogP contribution in [0.1, 0.15) is 85.1 Å². The van der Waals surface area contributed by atoms with E-state index in [2.05, 4.69) is 17.6 Å². The number of nitrogens with one attached hydrogen (secondary N) is 2. The van der Waals surface area contributed by atoms with E-state index in [1.807, 2.05) is 27.7 Å². The van der Waals surface area contributed by atoms with Crippen LogP contribution in [-0.4, -0.2) is 59.4 Å². The van der Waals surface area contributed by atoms with Gasteiger partial charge in [-0.15, -0.1) is 0 Å². The molecule has 0 radical (unpaired) electrons. The van der Waals surface area contributed by atoms with Gasteiger partial charge in [0.25, 0.3) is 0 Å². The molecule has 1 aromatic rings. The average molecular weight is 617 g/mol. The fraction of sp³-hybridized carbons (Fsp3) is 0.727. The number of aromatic hydroxyl groups is 1. The van der Waals surface area contributed by atoms with Crippen LogP contribution >= 0.6 is 0 Å². The third-order valence-corrected chi connectivity index (χ3v) is 9.91. The zero-order valence-corrected chi connectivity index (χ0v) is 26.5. The molecule has 11 heteroatoms. The Labute approximate surface area is 259 Å². The number of rotatable bonds is 11. The van der Waals surface area contributed by atoms with Gasteiger partial charge in [0.2, 0.25) is 23.9 Å². The molecule has 1 saturated carbocycles. The van der Waals surface area contributed by atoms with Gasteiger partial charge in [0.05, 0.1) is 6.42 Å². The third-order valence-electron chi connectivity index (χ3n) is 9.91. The molecular weight excluding hydrogens is 568 g/mol. The van der Waals surface area contributed by atoms with Gasteiger partial charge in [-0.25, -0.2) is 9.78 Å². The summed E-state index contributed by atoms with van der Waals surface area (Å²) >= 11 is 0. The highest BCUT2D eigenvalue weighted by atomic mass is 17.3. The number of esters is 1. The SMILES string of the molecule is CC(C)C[C@H](NC(=O)CCC(=O)O[C@@H]1O[C@H]2O[C@@]3(C)CC[C@H]4[C@H](C)CC[C@H]([C@H]1C)[C@@]24OO3)C(=O)NCCc1ccc(O)cc1. The van der Waals surface area contributed by atoms with E-state index in [1.165, 1.54) is 0 Å². The molecule has 1 aliphatic carbocycles. The lowest BCUT2D eigenvalue weighted by Crippen LogP contribution is -2.70. The number of ether oxygens (including phenoxy) is 3. The molecule has 244 valence electrons. The first kappa shape index (κ1) is 32.7. The van der Waals surface area contributed by atoms with E-state index in [-0.39, 0.29) is 48.2 Å². The number of hydrogen-bond donors (Lipinski definition) is 3. The second kappa shape index (κ2) is 13.3. The smallest absolute Gasteiger partial charge is 0.308 e. The summed E-state index contributed by atoms with van der Waals surface area (Å²) in [6, 6.07) is 6.09. The minimum absolute atomic E-state index is 0.0237. The van der Waals surface area contributed by atoms with E-state index < -0.39 is 41.9 Å². The summed E-state index contributed by atoms with van der Waals surface area (Å²) in [4.78, 5) is 50.7. The van der Waals surface area contributed by atoms with Crippen LogP contribution in [0.3, 0.4) is 0 Å². The predicted molar refractivity (Wildman–Crippen MR) is 158 cm³/mol. The lowest BCUT2D eigenvalue weighted by molar-refractivity contribution is -0.576. The zero-order chi connectivity index (χ0) is 31.6. The van der Waals surface area contributed by atoms with Gasteiger partial charge in [-0.1, -0.05) is 39.8 Å². The quantitative estimate of drug-likeness (QED) is 0.247. The zero-order valence-electron chi connectivity index (χ0n) is 26.5. The maximum absolute atomic E-state index is 13.0. The average Bonchev–Trinajstić information content (AvgIpc) is 3.20. The summed E-state index contributed by atoms with van der Waals surface area (Å²) in [7, 11) is 0. The maximum atomic E-state index is 13.0. The van der Waals surface area contributed by atoms with Crippen molar-refractivity contribution in [1.29, 1.82) is 0 Å². The normalized spacial score (nSPS) is 34.9. The fourth-order valence-electron chi connectivity index (χ4n) is 7.50. The maximum Gasteiger partial charge on any atom is 0.308 e. The summed E-state index contributed by atoms with van der Waals surface area (Å²) in [5.41, 5.74) is 0.231. The topological polar surface area (TPSA) is 142 Å². The molecule has 0 aromatic heterocycles. The van der Waals surface area contributed by atoms with Crippen LogP contribution in [0.2, 0.25) is 0 Å². The number of carbonyl (C=O) groups is 3. The van der Waals surface area contributed by atoms with Crippen molar-refractivity contribution in [2.24, 2.45) is 29.6 Å². The van der Waals surface area contributed by atoms with Crippen molar-refractivity contribution in [3.63, 3.8) is 0 Å². The molecule has 1 aromatic carbocycles. The number of phenolic OH excluding ortho intramolecular Hbond substituents is 1. The minimum atomic E-state index is -0.922. The Morgan fingerprint density at radius 3 is 2.52 bits per heavy atom. The molecule has 1 spiro atoms. The molecule has 4 heterocycles. The Kier molecular flexibility index (Phi) is 9.89. The van der Waals surface area contributed by atoms with E-state index in [0.717, 1.165) is 24.8 Å². The van der Waals surface area contributed by atoms with Gasteiger partial charge in [-0.05, 0) is 74.5 Å². The molecular formula is C33H48N2O9. The summed E-state index contributed by atoms with van der Waals surface area (Å²) in [6.45, 7) is 10.4. The molecule has 6 rings (SSSR count). The first-order valence-electron chi connectivity index (χ1n) is 16.1. The Balaban J connectivity index is 1.13. The van der Waals surface area contributed by atoms with E-state index in [0.29, 0.717) is 31.7 Å². The molecule has 0 unspecified atom stereocenters. The van der Waals surface area contributed by atoms with E-state index in [4.69, 9.17) is 24.0 Å². The molecule has 5 aliphatic rings. The molecule has 44 heavy (non-hydrogen) atoms. The second-order valence-corrected chi connectivity index (χ2v) is 13.7. The van der Waals surface area contributed by atoms with Gasteiger partial charge in [0, 0.05) is 31.2 Å². The number of amides is 2. The minimum Gasteiger partial charge on any atom is -0.508 e. The summed E-state index contributed by atoms with van der Waals surface area (Å²) in [5.74, 6) is -1.28. The number of benzene rings is 1. The van der Waals surface area contributed by atoms with Gasteiger partial charge in [-0.2, -0.15) is 0 Å². The highest BCUT2D eigenvalue weighted by molar-refractivity contribution is 5.88. The van der Waals surface area contributed by atoms with Crippen LogP contribution in [-0.2, 0) is 44.8 Å². The summed E-state index contributed by atoms with van der Waals surface area (Å²) in [5, 5.41) is 15.1. The summed E-state index contributed by atoms with van der Waals surface area (Å²) in [6.07, 6.45) is 2.77. The van der Waals surface area contributed by atoms with Crippen LogP contribution in [0.5, 0.6) is 5.75 Å². The van der Waals surface area contributed by atoms with Crippen molar-refractivity contribution in [2.75, 3.05) is 6.54 Å². The Hall–Kier alpha value is -2.73. The molecule has 4 saturated heterocycles. The van der Waals surface area contributed by atoms with Crippen molar-refractivity contribution >= 4 is 17.8 Å². The number of phenols is 1. The number of fused-ring (bicyclic) bond motifs is 2. The van der Waals surface area contributed by atoms with Crippen LogP contribution in [0, 0.1) is 29.6 Å². The first-order valence-corrected chi connectivity index (χ1v) is 16.1. The highest BCUT2D eigenvalue weighted by Gasteiger charge is 2.69. The molecule has 4 aliphatic heterocycles. The van der Waals surface area contributed by atoms with E-state index in [1.54, 1.807) is 24.3 Å². The predicted octanol–water partition coefficient (Wildman–Crippen LogP) is 4.11. The fourth-order valence-corrected chi connectivity index (χ4v) is 7.50. The Morgan fingerprint density at radius 2 is 1.80 bits per heavy atom. The molecule has 2 amide bonds. The largest absolute Gasteiger partial charge is 0.508 e. The van der Waals surface area contributed by atoms with E-state index >= 15 is 0 Å². The number of hydrogen-bond acceptors (Lipinski definition) is 9. The van der Waals surface area contributed by atoms with Gasteiger partial charge in [0.15, 0.2) is 11.9 Å². The van der Waals surface area contributed by atoms with Crippen molar-refractivity contribution in [3.8, 4) is 5.75 Å². The third kappa shape index (κ3) is 6.90. The Morgan fingerprint density at radius 1 is 1.05 bits per heavy atom. The van der Waals surface area contributed by atoms with Crippen molar-refractivity contribution in [3.05, 3.63) is 29.8 Å². The standard InChI is InChI=1S/C33H48N2O9/c1-19(2)18-26(29(39)34-17-15-22-7-9-23(36)10-8-22)35-27(37)12-13-28(38)40-30-21(4)25-11-6-20(3)24-14-16-32(5)42-31(41-30)33(24,25)44-43-32/h7-10,19-21,24-26,30-31,36H,6,11-18H2,1-5H3,(H,34,39)(H,35,37)/t20-,21-,24+,25-,26+,30-,31+,32-,33-/m1/s1. The van der Waals surface area contributed by atoms with Crippen molar-refractivity contribution < 1.29 is 43.5 Å². The van der Waals surface area contributed by atoms with Gasteiger partial charge < -0.3 is 30.0 Å². The van der Waals surface area contributed by atoms with Crippen LogP contribution < -0.4 is 10.6 Å². The Bertz CT molecular complexity index is 1190. The second-order valence-electron chi connectivity index (χ2n) is 13.7. The molecule has 5 fully saturated rings. The monoisotopic (exact) mass is 616 g/mol. The lowest BCUT2D eigenvalue weighted by atomic mass is 9.58. The first-order chi connectivity index (χ1) is 20.9. The molecule has 3 N–H and O–H groups in total. The van der Waals surface area contributed by atoms with E-state index in [9.17, 15) is 19.5 Å². The number of carbonyl (C=O) groups excluding carboxylic acids is 3. The van der Waals surface area contributed by atoms with Crippen molar-refractivity contribution in [1.82, 2.24) is 10.6 Å². The lowest BCUT2D eigenvalue weighted by Gasteiger charge is -2.59. The van der Waals surface area contributed by atoms with Gasteiger partial charge in [0.1, 0.15) is 11.8 Å². The van der Waals surface area contributed by atoms with Crippen LogP contribution in [0.4, 0.5) is 0 Å². The van der Waals surface area contributed by atoms with Crippen LogP contribution in [0.15, 0.2) is 24.3 Å². The molecule has 11 nitrogen and oxygen atoms in total. The van der Waals surface area contributed by atoms with Gasteiger partial charge in [-0.3, -0.25) is 14.4 Å². The van der Waals surface area contributed by atoms with Gasteiger partial charge >= 0.3 is 5.97 Å².